The number of hydrogen-bond acceptors (Lipinski definition) is 3. The zero-order valence-corrected chi connectivity index (χ0v) is 10.4. The summed E-state index contributed by atoms with van der Waals surface area (Å²) >= 11 is 0. The van der Waals surface area contributed by atoms with Crippen molar-refractivity contribution in [2.45, 2.75) is 12.9 Å². The summed E-state index contributed by atoms with van der Waals surface area (Å²) in [4.78, 5) is 2.02. The largest absolute Gasteiger partial charge is 0.573 e. The van der Waals surface area contributed by atoms with E-state index in [2.05, 4.69) is 10.1 Å². The van der Waals surface area contributed by atoms with Gasteiger partial charge in [-0.2, -0.15) is 0 Å². The molecule has 0 fully saturated rings. The average molecular weight is 262 g/mol. The number of ether oxygens (including phenoxy) is 1. The second-order valence-corrected chi connectivity index (χ2v) is 4.18. The van der Waals surface area contributed by atoms with Crippen molar-refractivity contribution in [3.05, 3.63) is 29.8 Å². The highest BCUT2D eigenvalue weighted by Crippen LogP contribution is 2.23. The number of nitrogens with zero attached hydrogens (tertiary/aromatic N) is 1. The molecule has 0 radical (unpaired) electrons. The Morgan fingerprint density at radius 1 is 1.28 bits per heavy atom. The van der Waals surface area contributed by atoms with Gasteiger partial charge in [-0.3, -0.25) is 0 Å². The summed E-state index contributed by atoms with van der Waals surface area (Å²) in [7, 11) is 3.92. The summed E-state index contributed by atoms with van der Waals surface area (Å²) < 4.78 is 39.9. The van der Waals surface area contributed by atoms with Crippen LogP contribution in [0.25, 0.3) is 0 Å². The molecule has 1 aromatic carbocycles. The molecule has 0 spiro atoms. The van der Waals surface area contributed by atoms with Crippen molar-refractivity contribution in [3.8, 4) is 5.75 Å². The zero-order valence-electron chi connectivity index (χ0n) is 10.4. The highest BCUT2D eigenvalue weighted by atomic mass is 19.4. The number of rotatable bonds is 6. The van der Waals surface area contributed by atoms with E-state index in [0.29, 0.717) is 6.54 Å². The summed E-state index contributed by atoms with van der Waals surface area (Å²) in [5, 5.41) is 3.14. The monoisotopic (exact) mass is 262 g/mol. The summed E-state index contributed by atoms with van der Waals surface area (Å²) in [6.07, 6.45) is -4.64. The molecule has 0 aromatic heterocycles. The van der Waals surface area contributed by atoms with Gasteiger partial charge in [-0.15, -0.1) is 13.2 Å². The van der Waals surface area contributed by atoms with Gasteiger partial charge in [-0.25, -0.2) is 0 Å². The summed E-state index contributed by atoms with van der Waals surface area (Å²) in [6, 6.07) is 5.98. The van der Waals surface area contributed by atoms with Crippen LogP contribution in [0.4, 0.5) is 13.2 Å². The van der Waals surface area contributed by atoms with Gasteiger partial charge in [-0.1, -0.05) is 12.1 Å². The molecule has 3 nitrogen and oxygen atoms in total. The normalized spacial score (nSPS) is 11.9. The lowest BCUT2D eigenvalue weighted by atomic mass is 10.2. The third kappa shape index (κ3) is 6.46. The summed E-state index contributed by atoms with van der Waals surface area (Å²) in [6.45, 7) is 2.17. The SMILES string of the molecule is CN(C)CCNCc1cccc(OC(F)(F)F)c1. The molecular formula is C12H17F3N2O. The maximum Gasteiger partial charge on any atom is 0.573 e. The number of benzene rings is 1. The fourth-order valence-electron chi connectivity index (χ4n) is 1.39. The molecule has 18 heavy (non-hydrogen) atoms. The van der Waals surface area contributed by atoms with Gasteiger partial charge in [0.05, 0.1) is 0 Å². The fourth-order valence-corrected chi connectivity index (χ4v) is 1.39. The Balaban J connectivity index is 2.44. The average Bonchev–Trinajstić information content (AvgIpc) is 2.22. The maximum atomic E-state index is 12.0. The molecule has 0 aliphatic carbocycles. The number of hydrogen-bond donors (Lipinski definition) is 1. The first-order valence-corrected chi connectivity index (χ1v) is 5.57. The topological polar surface area (TPSA) is 24.5 Å². The van der Waals surface area contributed by atoms with E-state index in [9.17, 15) is 13.2 Å². The lowest BCUT2D eigenvalue weighted by molar-refractivity contribution is -0.274. The minimum absolute atomic E-state index is 0.186. The number of alkyl halides is 3. The molecule has 0 bridgehead atoms. The van der Waals surface area contributed by atoms with Gasteiger partial charge >= 0.3 is 6.36 Å². The Morgan fingerprint density at radius 3 is 2.61 bits per heavy atom. The molecule has 0 unspecified atom stereocenters. The van der Waals surface area contributed by atoms with Crippen molar-refractivity contribution in [2.75, 3.05) is 27.2 Å². The second kappa shape index (κ2) is 6.61. The molecule has 0 amide bonds. The van der Waals surface area contributed by atoms with Gasteiger partial charge in [0.25, 0.3) is 0 Å². The molecule has 0 atom stereocenters. The molecular weight excluding hydrogens is 245 g/mol. The van der Waals surface area contributed by atoms with Crippen LogP contribution in [0.5, 0.6) is 5.75 Å². The smallest absolute Gasteiger partial charge is 0.406 e. The number of nitrogens with one attached hydrogen (secondary N) is 1. The Bertz CT molecular complexity index is 367. The standard InChI is InChI=1S/C12H17F3N2O/c1-17(2)7-6-16-9-10-4-3-5-11(8-10)18-12(13,14)15/h3-5,8,16H,6-7,9H2,1-2H3. The minimum Gasteiger partial charge on any atom is -0.406 e. The van der Waals surface area contributed by atoms with Crippen molar-refractivity contribution in [1.29, 1.82) is 0 Å². The van der Waals surface area contributed by atoms with Gasteiger partial charge in [0, 0.05) is 19.6 Å². The first-order chi connectivity index (χ1) is 8.37. The highest BCUT2D eigenvalue weighted by Gasteiger charge is 2.31. The number of halogens is 3. The van der Waals surface area contributed by atoms with Gasteiger partial charge < -0.3 is 15.0 Å². The minimum atomic E-state index is -4.64. The molecule has 0 saturated carbocycles. The first kappa shape index (κ1) is 14.8. The fraction of sp³-hybridized carbons (Fsp3) is 0.500. The van der Waals surface area contributed by atoms with Gasteiger partial charge in [0.15, 0.2) is 0 Å². The van der Waals surface area contributed by atoms with E-state index >= 15 is 0 Å². The molecule has 102 valence electrons. The molecule has 0 aliphatic rings. The van der Waals surface area contributed by atoms with Crippen molar-refractivity contribution < 1.29 is 17.9 Å². The van der Waals surface area contributed by atoms with Crippen LogP contribution in [0.1, 0.15) is 5.56 Å². The van der Waals surface area contributed by atoms with E-state index in [0.717, 1.165) is 18.7 Å². The highest BCUT2D eigenvalue weighted by molar-refractivity contribution is 5.28. The Morgan fingerprint density at radius 2 is 2.00 bits per heavy atom. The Hall–Kier alpha value is -1.27. The molecule has 1 aromatic rings. The molecule has 0 saturated heterocycles. The molecule has 6 heteroatoms. The third-order valence-corrected chi connectivity index (χ3v) is 2.20. The lowest BCUT2D eigenvalue weighted by Gasteiger charge is -2.12. The van der Waals surface area contributed by atoms with Crippen LogP contribution in [0.2, 0.25) is 0 Å². The molecule has 0 aliphatic heterocycles. The quantitative estimate of drug-likeness (QED) is 0.796. The summed E-state index contributed by atoms with van der Waals surface area (Å²) in [5.74, 6) is -0.186. The van der Waals surface area contributed by atoms with Crippen LogP contribution in [-0.4, -0.2) is 38.4 Å². The van der Waals surface area contributed by atoms with Crippen molar-refractivity contribution in [3.63, 3.8) is 0 Å². The molecule has 1 rings (SSSR count). The predicted octanol–water partition coefficient (Wildman–Crippen LogP) is 2.24. The first-order valence-electron chi connectivity index (χ1n) is 5.57. The van der Waals surface area contributed by atoms with Crippen LogP contribution >= 0.6 is 0 Å². The van der Waals surface area contributed by atoms with Crippen molar-refractivity contribution in [2.24, 2.45) is 0 Å². The second-order valence-electron chi connectivity index (χ2n) is 4.18. The van der Waals surface area contributed by atoms with Crippen molar-refractivity contribution >= 4 is 0 Å². The zero-order chi connectivity index (χ0) is 13.6. The van der Waals surface area contributed by atoms with Crippen LogP contribution in [0, 0.1) is 0 Å². The third-order valence-electron chi connectivity index (χ3n) is 2.20. The van der Waals surface area contributed by atoms with Crippen LogP contribution in [-0.2, 0) is 6.54 Å². The predicted molar refractivity (Wildman–Crippen MR) is 63.4 cm³/mol. The van der Waals surface area contributed by atoms with Crippen LogP contribution in [0.15, 0.2) is 24.3 Å². The van der Waals surface area contributed by atoms with E-state index < -0.39 is 6.36 Å². The number of likely N-dealkylation sites (N-methyl/N-ethyl adjacent to an activating group) is 1. The Labute approximate surface area is 105 Å². The van der Waals surface area contributed by atoms with Crippen LogP contribution in [0.3, 0.4) is 0 Å². The van der Waals surface area contributed by atoms with E-state index in [1.165, 1.54) is 12.1 Å². The molecule has 1 N–H and O–H groups in total. The van der Waals surface area contributed by atoms with E-state index in [1.807, 2.05) is 19.0 Å². The van der Waals surface area contributed by atoms with E-state index in [4.69, 9.17) is 0 Å². The van der Waals surface area contributed by atoms with E-state index in [1.54, 1.807) is 12.1 Å². The lowest BCUT2D eigenvalue weighted by Crippen LogP contribution is -2.26. The van der Waals surface area contributed by atoms with Gasteiger partial charge in [0.2, 0.25) is 0 Å². The summed E-state index contributed by atoms with van der Waals surface area (Å²) in [5.41, 5.74) is 0.760. The van der Waals surface area contributed by atoms with Crippen LogP contribution < -0.4 is 10.1 Å². The van der Waals surface area contributed by atoms with Crippen molar-refractivity contribution in [1.82, 2.24) is 10.2 Å². The van der Waals surface area contributed by atoms with Gasteiger partial charge in [-0.05, 0) is 31.8 Å². The van der Waals surface area contributed by atoms with Gasteiger partial charge in [0.1, 0.15) is 5.75 Å². The molecule has 0 heterocycles. The van der Waals surface area contributed by atoms with E-state index in [-0.39, 0.29) is 5.75 Å². The Kier molecular flexibility index (Phi) is 5.43. The maximum absolute atomic E-state index is 12.0.